The van der Waals surface area contributed by atoms with Gasteiger partial charge < -0.3 is 19.1 Å². The molecule has 8 heteroatoms. The van der Waals surface area contributed by atoms with Crippen LogP contribution in [0.25, 0.3) is 0 Å². The van der Waals surface area contributed by atoms with Crippen molar-refractivity contribution in [2.24, 2.45) is 0 Å². The average Bonchev–Trinajstić information content (AvgIpc) is 2.61. The third-order valence-corrected chi connectivity index (χ3v) is 3.90. The highest BCUT2D eigenvalue weighted by molar-refractivity contribution is 6.29. The summed E-state index contributed by atoms with van der Waals surface area (Å²) < 4.78 is 16.5. The SMILES string of the molecule is Cc1ccc(C)c(Oc2nnc(Cl)cc2OC(=O)N2CCOCC2)c1. The molecule has 0 radical (unpaired) electrons. The first-order chi connectivity index (χ1) is 12.0. The molecule has 1 saturated heterocycles. The predicted octanol–water partition coefficient (Wildman–Crippen LogP) is 3.37. The van der Waals surface area contributed by atoms with E-state index in [0.717, 1.165) is 11.1 Å². The lowest BCUT2D eigenvalue weighted by Crippen LogP contribution is -2.42. The molecule has 7 nitrogen and oxygen atoms in total. The van der Waals surface area contributed by atoms with Crippen LogP contribution in [0, 0.1) is 13.8 Å². The number of carbonyl (C=O) groups excluding carboxylic acids is 1. The summed E-state index contributed by atoms with van der Waals surface area (Å²) in [6, 6.07) is 7.20. The first-order valence-electron chi connectivity index (χ1n) is 7.86. The van der Waals surface area contributed by atoms with Crippen molar-refractivity contribution in [2.75, 3.05) is 26.3 Å². The van der Waals surface area contributed by atoms with Crippen LogP contribution in [0.2, 0.25) is 5.15 Å². The van der Waals surface area contributed by atoms with Crippen LogP contribution in [-0.4, -0.2) is 47.5 Å². The van der Waals surface area contributed by atoms with Crippen molar-refractivity contribution in [3.05, 3.63) is 40.5 Å². The van der Waals surface area contributed by atoms with Crippen molar-refractivity contribution >= 4 is 17.7 Å². The van der Waals surface area contributed by atoms with Gasteiger partial charge in [0.2, 0.25) is 0 Å². The molecule has 132 valence electrons. The number of carbonyl (C=O) groups is 1. The molecule has 2 heterocycles. The molecule has 1 aliphatic rings. The molecule has 1 amide bonds. The molecule has 1 aromatic heterocycles. The lowest BCUT2D eigenvalue weighted by atomic mass is 10.1. The molecule has 1 fully saturated rings. The van der Waals surface area contributed by atoms with Gasteiger partial charge in [-0.2, -0.15) is 0 Å². The number of benzene rings is 1. The van der Waals surface area contributed by atoms with Crippen molar-refractivity contribution in [3.8, 4) is 17.4 Å². The summed E-state index contributed by atoms with van der Waals surface area (Å²) in [4.78, 5) is 13.9. The summed E-state index contributed by atoms with van der Waals surface area (Å²) in [5, 5.41) is 7.80. The molecule has 0 unspecified atom stereocenters. The standard InChI is InChI=1S/C17H18ClN3O4/c1-11-3-4-12(2)13(9-11)24-16-14(10-15(18)19-20-16)25-17(22)21-5-7-23-8-6-21/h3-4,9-10H,5-8H2,1-2H3. The van der Waals surface area contributed by atoms with Crippen LogP contribution < -0.4 is 9.47 Å². The van der Waals surface area contributed by atoms with Crippen LogP contribution in [0.1, 0.15) is 11.1 Å². The first-order valence-corrected chi connectivity index (χ1v) is 8.23. The minimum Gasteiger partial charge on any atom is -0.435 e. The fourth-order valence-corrected chi connectivity index (χ4v) is 2.45. The summed E-state index contributed by atoms with van der Waals surface area (Å²) in [5.74, 6) is 0.817. The fraction of sp³-hybridized carbons (Fsp3) is 0.353. The second-order valence-electron chi connectivity index (χ2n) is 5.67. The lowest BCUT2D eigenvalue weighted by Gasteiger charge is -2.26. The smallest absolute Gasteiger partial charge is 0.415 e. The number of hydrogen-bond acceptors (Lipinski definition) is 6. The maximum Gasteiger partial charge on any atom is 0.415 e. The van der Waals surface area contributed by atoms with Gasteiger partial charge in [0.15, 0.2) is 10.9 Å². The third-order valence-electron chi connectivity index (χ3n) is 3.71. The molecule has 0 saturated carbocycles. The van der Waals surface area contributed by atoms with E-state index in [1.807, 2.05) is 32.0 Å². The summed E-state index contributed by atoms with van der Waals surface area (Å²) in [7, 11) is 0. The first kappa shape index (κ1) is 17.4. The second kappa shape index (κ2) is 7.67. The zero-order valence-corrected chi connectivity index (χ0v) is 14.7. The van der Waals surface area contributed by atoms with Crippen LogP contribution >= 0.6 is 11.6 Å². The molecule has 0 aliphatic carbocycles. The van der Waals surface area contributed by atoms with Gasteiger partial charge in [-0.25, -0.2) is 4.79 Å². The summed E-state index contributed by atoms with van der Waals surface area (Å²) in [5.41, 5.74) is 1.96. The van der Waals surface area contributed by atoms with E-state index in [0.29, 0.717) is 32.1 Å². The van der Waals surface area contributed by atoms with Gasteiger partial charge in [-0.1, -0.05) is 23.7 Å². The monoisotopic (exact) mass is 363 g/mol. The molecule has 0 atom stereocenters. The number of nitrogens with zero attached hydrogens (tertiary/aromatic N) is 3. The molecular weight excluding hydrogens is 346 g/mol. The Hall–Kier alpha value is -2.38. The summed E-state index contributed by atoms with van der Waals surface area (Å²) in [6.45, 7) is 5.78. The number of morpholine rings is 1. The van der Waals surface area contributed by atoms with Crippen molar-refractivity contribution < 1.29 is 19.0 Å². The molecule has 3 rings (SSSR count). The van der Waals surface area contributed by atoms with Crippen molar-refractivity contribution in [2.45, 2.75) is 13.8 Å². The van der Waals surface area contributed by atoms with E-state index < -0.39 is 6.09 Å². The highest BCUT2D eigenvalue weighted by Gasteiger charge is 2.22. The Morgan fingerprint density at radius 3 is 2.68 bits per heavy atom. The van der Waals surface area contributed by atoms with Crippen molar-refractivity contribution in [1.82, 2.24) is 15.1 Å². The minimum atomic E-state index is -0.502. The number of ether oxygens (including phenoxy) is 3. The van der Waals surface area contributed by atoms with Crippen molar-refractivity contribution in [3.63, 3.8) is 0 Å². The maximum absolute atomic E-state index is 12.3. The number of hydrogen-bond donors (Lipinski definition) is 0. The Morgan fingerprint density at radius 2 is 1.92 bits per heavy atom. The average molecular weight is 364 g/mol. The fourth-order valence-electron chi connectivity index (χ4n) is 2.31. The molecule has 2 aromatic rings. The van der Waals surface area contributed by atoms with Gasteiger partial charge in [0.1, 0.15) is 5.75 Å². The Bertz CT molecular complexity index is 778. The van der Waals surface area contributed by atoms with Gasteiger partial charge in [-0.3, -0.25) is 0 Å². The van der Waals surface area contributed by atoms with E-state index in [-0.39, 0.29) is 16.8 Å². The normalized spacial score (nSPS) is 14.3. The van der Waals surface area contributed by atoms with Gasteiger partial charge in [0.25, 0.3) is 5.88 Å². The molecule has 0 spiro atoms. The van der Waals surface area contributed by atoms with E-state index in [2.05, 4.69) is 10.2 Å². The number of aromatic nitrogens is 2. The quantitative estimate of drug-likeness (QED) is 0.832. The van der Waals surface area contributed by atoms with Gasteiger partial charge in [-0.15, -0.1) is 10.2 Å². The highest BCUT2D eigenvalue weighted by Crippen LogP contribution is 2.32. The van der Waals surface area contributed by atoms with E-state index >= 15 is 0 Å². The Balaban J connectivity index is 1.82. The van der Waals surface area contributed by atoms with E-state index in [4.69, 9.17) is 25.8 Å². The number of amides is 1. The summed E-state index contributed by atoms with van der Waals surface area (Å²) in [6.07, 6.45) is -0.502. The van der Waals surface area contributed by atoms with Gasteiger partial charge in [0.05, 0.1) is 13.2 Å². The molecule has 0 N–H and O–H groups in total. The molecule has 0 bridgehead atoms. The van der Waals surface area contributed by atoms with Crippen LogP contribution in [0.3, 0.4) is 0 Å². The molecule has 1 aromatic carbocycles. The number of aryl methyl sites for hydroxylation is 2. The Labute approximate surface area is 150 Å². The third kappa shape index (κ3) is 4.37. The molecule has 1 aliphatic heterocycles. The van der Waals surface area contributed by atoms with Crippen LogP contribution in [0.4, 0.5) is 4.79 Å². The van der Waals surface area contributed by atoms with E-state index in [1.54, 1.807) is 4.90 Å². The summed E-state index contributed by atoms with van der Waals surface area (Å²) >= 11 is 5.89. The van der Waals surface area contributed by atoms with Crippen LogP contribution in [0.15, 0.2) is 24.3 Å². The van der Waals surface area contributed by atoms with Crippen LogP contribution in [0.5, 0.6) is 17.4 Å². The molecular formula is C17H18ClN3O4. The Kier molecular flexibility index (Phi) is 5.35. The van der Waals surface area contributed by atoms with Gasteiger partial charge in [0, 0.05) is 19.2 Å². The van der Waals surface area contributed by atoms with Gasteiger partial charge in [-0.05, 0) is 31.0 Å². The molecule has 25 heavy (non-hydrogen) atoms. The van der Waals surface area contributed by atoms with Crippen molar-refractivity contribution in [1.29, 1.82) is 0 Å². The topological polar surface area (TPSA) is 73.8 Å². The second-order valence-corrected chi connectivity index (χ2v) is 6.06. The largest absolute Gasteiger partial charge is 0.435 e. The zero-order chi connectivity index (χ0) is 17.8. The van der Waals surface area contributed by atoms with Gasteiger partial charge >= 0.3 is 6.09 Å². The lowest BCUT2D eigenvalue weighted by molar-refractivity contribution is 0.0413. The number of rotatable bonds is 3. The predicted molar refractivity (Wildman–Crippen MR) is 91.4 cm³/mol. The number of halogens is 1. The van der Waals surface area contributed by atoms with E-state index in [1.165, 1.54) is 6.07 Å². The maximum atomic E-state index is 12.3. The van der Waals surface area contributed by atoms with E-state index in [9.17, 15) is 4.79 Å². The minimum absolute atomic E-state index is 0.0831. The van der Waals surface area contributed by atoms with Crippen LogP contribution in [-0.2, 0) is 4.74 Å². The zero-order valence-electron chi connectivity index (χ0n) is 14.0. The highest BCUT2D eigenvalue weighted by atomic mass is 35.5. The Morgan fingerprint density at radius 1 is 1.16 bits per heavy atom.